The first-order valence-electron chi connectivity index (χ1n) is 6.15. The Kier molecular flexibility index (Phi) is 4.90. The first-order chi connectivity index (χ1) is 10.1. The van der Waals surface area contributed by atoms with E-state index in [0.717, 1.165) is 0 Å². The Morgan fingerprint density at radius 2 is 1.76 bits per heavy atom. The number of carbonyl (C=O) groups is 2. The van der Waals surface area contributed by atoms with Gasteiger partial charge in [0.2, 0.25) is 5.91 Å². The number of rotatable bonds is 4. The maximum absolute atomic E-state index is 13.6. The third kappa shape index (κ3) is 4.03. The average Bonchev–Trinajstić information content (AvgIpc) is 2.50. The van der Waals surface area contributed by atoms with Gasteiger partial charge in [0.05, 0.1) is 17.3 Å². The summed E-state index contributed by atoms with van der Waals surface area (Å²) in [5.41, 5.74) is 0.417. The number of hydrogen-bond donors (Lipinski definition) is 2. The van der Waals surface area contributed by atoms with E-state index >= 15 is 0 Å². The standard InChI is InChI=1S/C15H12ClFN2O2/c16-11-7-4-8-12(14(11)17)19-13(20)9-18-15(21)10-5-2-1-3-6-10/h1-8H,9H2,(H,18,21)(H,19,20). The minimum atomic E-state index is -0.707. The van der Waals surface area contributed by atoms with E-state index in [1.54, 1.807) is 30.3 Å². The lowest BCUT2D eigenvalue weighted by Crippen LogP contribution is -2.33. The van der Waals surface area contributed by atoms with Gasteiger partial charge in [-0.25, -0.2) is 4.39 Å². The van der Waals surface area contributed by atoms with Gasteiger partial charge in [-0.2, -0.15) is 0 Å². The molecule has 0 aliphatic heterocycles. The smallest absolute Gasteiger partial charge is 0.251 e. The molecule has 0 bridgehead atoms. The monoisotopic (exact) mass is 306 g/mol. The molecule has 108 valence electrons. The van der Waals surface area contributed by atoms with E-state index in [0.29, 0.717) is 5.56 Å². The van der Waals surface area contributed by atoms with Crippen LogP contribution in [0.1, 0.15) is 10.4 Å². The van der Waals surface area contributed by atoms with Crippen molar-refractivity contribution in [2.24, 2.45) is 0 Å². The fourth-order valence-electron chi connectivity index (χ4n) is 1.65. The van der Waals surface area contributed by atoms with E-state index in [1.807, 2.05) is 0 Å². The van der Waals surface area contributed by atoms with Crippen molar-refractivity contribution >= 4 is 29.1 Å². The number of hydrogen-bond acceptors (Lipinski definition) is 2. The van der Waals surface area contributed by atoms with Gasteiger partial charge in [-0.05, 0) is 24.3 Å². The second-order valence-electron chi connectivity index (χ2n) is 4.20. The molecule has 0 fully saturated rings. The normalized spacial score (nSPS) is 10.0. The summed E-state index contributed by atoms with van der Waals surface area (Å²) in [6.07, 6.45) is 0. The lowest BCUT2D eigenvalue weighted by molar-refractivity contribution is -0.115. The predicted molar refractivity (Wildman–Crippen MR) is 78.8 cm³/mol. The molecule has 4 nitrogen and oxygen atoms in total. The number of carbonyl (C=O) groups excluding carboxylic acids is 2. The van der Waals surface area contributed by atoms with Crippen molar-refractivity contribution in [3.05, 3.63) is 64.9 Å². The van der Waals surface area contributed by atoms with Crippen LogP contribution in [-0.4, -0.2) is 18.4 Å². The van der Waals surface area contributed by atoms with Crippen molar-refractivity contribution < 1.29 is 14.0 Å². The lowest BCUT2D eigenvalue weighted by atomic mass is 10.2. The molecule has 21 heavy (non-hydrogen) atoms. The number of nitrogens with one attached hydrogen (secondary N) is 2. The second-order valence-corrected chi connectivity index (χ2v) is 4.61. The average molecular weight is 307 g/mol. The topological polar surface area (TPSA) is 58.2 Å². The van der Waals surface area contributed by atoms with Gasteiger partial charge in [0.15, 0.2) is 5.82 Å². The molecule has 2 aromatic carbocycles. The minimum Gasteiger partial charge on any atom is -0.343 e. The summed E-state index contributed by atoms with van der Waals surface area (Å²) in [6.45, 7) is -0.264. The third-order valence-corrected chi connectivity index (χ3v) is 2.96. The van der Waals surface area contributed by atoms with Crippen LogP contribution in [0.5, 0.6) is 0 Å². The number of benzene rings is 2. The fourth-order valence-corrected chi connectivity index (χ4v) is 1.82. The molecule has 2 rings (SSSR count). The van der Waals surface area contributed by atoms with E-state index in [1.165, 1.54) is 18.2 Å². The van der Waals surface area contributed by atoms with Gasteiger partial charge in [-0.3, -0.25) is 9.59 Å². The van der Waals surface area contributed by atoms with E-state index in [9.17, 15) is 14.0 Å². The van der Waals surface area contributed by atoms with Crippen molar-refractivity contribution in [3.8, 4) is 0 Å². The van der Waals surface area contributed by atoms with Crippen LogP contribution in [-0.2, 0) is 4.79 Å². The quantitative estimate of drug-likeness (QED) is 0.912. The molecule has 2 amide bonds. The minimum absolute atomic E-state index is 0.0264. The Morgan fingerprint density at radius 1 is 1.05 bits per heavy atom. The Hall–Kier alpha value is -2.40. The van der Waals surface area contributed by atoms with Crippen molar-refractivity contribution in [2.45, 2.75) is 0 Å². The highest BCUT2D eigenvalue weighted by Gasteiger charge is 2.11. The summed E-state index contributed by atoms with van der Waals surface area (Å²) in [6, 6.07) is 12.8. The van der Waals surface area contributed by atoms with Crippen molar-refractivity contribution in [3.63, 3.8) is 0 Å². The lowest BCUT2D eigenvalue weighted by Gasteiger charge is -2.08. The van der Waals surface area contributed by atoms with Crippen molar-refractivity contribution in [2.75, 3.05) is 11.9 Å². The van der Waals surface area contributed by atoms with Crippen LogP contribution in [0.25, 0.3) is 0 Å². The van der Waals surface area contributed by atoms with Crippen LogP contribution in [0.2, 0.25) is 5.02 Å². The Balaban J connectivity index is 1.91. The molecule has 0 aliphatic rings. The summed E-state index contributed by atoms with van der Waals surface area (Å²) < 4.78 is 13.6. The van der Waals surface area contributed by atoms with Gasteiger partial charge >= 0.3 is 0 Å². The molecular weight excluding hydrogens is 295 g/mol. The molecular formula is C15H12ClFN2O2. The SMILES string of the molecule is O=C(CNC(=O)c1ccccc1)Nc1cccc(Cl)c1F. The first-order valence-corrected chi connectivity index (χ1v) is 6.53. The molecule has 0 unspecified atom stereocenters. The number of amides is 2. The van der Waals surface area contributed by atoms with Gasteiger partial charge in [-0.15, -0.1) is 0 Å². The van der Waals surface area contributed by atoms with Crippen LogP contribution in [0.3, 0.4) is 0 Å². The molecule has 0 radical (unpaired) electrons. The Morgan fingerprint density at radius 3 is 2.48 bits per heavy atom. The van der Waals surface area contributed by atoms with Gasteiger partial charge < -0.3 is 10.6 Å². The molecule has 0 saturated heterocycles. The number of anilines is 1. The highest BCUT2D eigenvalue weighted by Crippen LogP contribution is 2.21. The van der Waals surface area contributed by atoms with Crippen molar-refractivity contribution in [1.29, 1.82) is 0 Å². The first kappa shape index (κ1) is 15.0. The highest BCUT2D eigenvalue weighted by atomic mass is 35.5. The molecule has 0 heterocycles. The molecule has 2 N–H and O–H groups in total. The predicted octanol–water partition coefficient (Wildman–Crippen LogP) is 2.85. The van der Waals surface area contributed by atoms with Gasteiger partial charge in [-0.1, -0.05) is 35.9 Å². The fraction of sp³-hybridized carbons (Fsp3) is 0.0667. The third-order valence-electron chi connectivity index (χ3n) is 2.67. The molecule has 0 saturated carbocycles. The zero-order valence-corrected chi connectivity index (χ0v) is 11.7. The summed E-state index contributed by atoms with van der Waals surface area (Å²) in [7, 11) is 0. The Labute approximate surface area is 125 Å². The largest absolute Gasteiger partial charge is 0.343 e. The van der Waals surface area contributed by atoms with E-state index < -0.39 is 11.7 Å². The molecule has 0 spiro atoms. The highest BCUT2D eigenvalue weighted by molar-refractivity contribution is 6.31. The molecule has 0 atom stereocenters. The van der Waals surface area contributed by atoms with Gasteiger partial charge in [0.1, 0.15) is 0 Å². The van der Waals surface area contributed by atoms with Crippen LogP contribution in [0, 0.1) is 5.82 Å². The summed E-state index contributed by atoms with van der Waals surface area (Å²) in [5, 5.41) is 4.71. The van der Waals surface area contributed by atoms with Crippen LogP contribution >= 0.6 is 11.6 Å². The second kappa shape index (κ2) is 6.85. The summed E-state index contributed by atoms with van der Waals surface area (Å²) in [5.74, 6) is -1.63. The van der Waals surface area contributed by atoms with E-state index in [4.69, 9.17) is 11.6 Å². The van der Waals surface area contributed by atoms with Crippen LogP contribution in [0.4, 0.5) is 10.1 Å². The molecule has 0 aliphatic carbocycles. The zero-order chi connectivity index (χ0) is 15.2. The molecule has 2 aromatic rings. The van der Waals surface area contributed by atoms with Crippen LogP contribution in [0.15, 0.2) is 48.5 Å². The van der Waals surface area contributed by atoms with E-state index in [-0.39, 0.29) is 23.2 Å². The zero-order valence-electron chi connectivity index (χ0n) is 10.9. The maximum atomic E-state index is 13.6. The van der Waals surface area contributed by atoms with Crippen molar-refractivity contribution in [1.82, 2.24) is 5.32 Å². The summed E-state index contributed by atoms with van der Waals surface area (Å²) in [4.78, 5) is 23.4. The maximum Gasteiger partial charge on any atom is 0.251 e. The van der Waals surface area contributed by atoms with Gasteiger partial charge in [0, 0.05) is 5.56 Å². The number of halogens is 2. The Bertz CT molecular complexity index is 662. The van der Waals surface area contributed by atoms with E-state index in [2.05, 4.69) is 10.6 Å². The molecule has 0 aromatic heterocycles. The molecule has 6 heteroatoms. The van der Waals surface area contributed by atoms with Crippen LogP contribution < -0.4 is 10.6 Å². The van der Waals surface area contributed by atoms with Gasteiger partial charge in [0.25, 0.3) is 5.91 Å². The summed E-state index contributed by atoms with van der Waals surface area (Å²) >= 11 is 5.61.